The fraction of sp³-hybridized carbons (Fsp3) is 0.341. The molecule has 1 aliphatic heterocycles. The smallest absolute Gasteiger partial charge is 0.251 e. The summed E-state index contributed by atoms with van der Waals surface area (Å²) in [5, 5.41) is 16.6. The number of sulfone groups is 1. The number of nitrogens with zero attached hydrogens (tertiary/aromatic N) is 6. The van der Waals surface area contributed by atoms with Crippen LogP contribution in [0, 0.1) is 11.7 Å². The topological polar surface area (TPSA) is 201 Å². The second-order valence-electron chi connectivity index (χ2n) is 15.8. The van der Waals surface area contributed by atoms with E-state index in [-0.39, 0.29) is 58.4 Å². The normalized spacial score (nSPS) is 18.3. The lowest BCUT2D eigenvalue weighted by Crippen LogP contribution is -2.52. The molecule has 1 saturated carbocycles. The Balaban J connectivity index is 0.904. The van der Waals surface area contributed by atoms with E-state index in [0.29, 0.717) is 53.1 Å². The number of nitrogens with one attached hydrogen (secondary N) is 3. The highest BCUT2D eigenvalue weighted by Gasteiger charge is 2.32. The van der Waals surface area contributed by atoms with Crippen LogP contribution in [0.1, 0.15) is 87.0 Å². The molecule has 8 rings (SSSR count). The van der Waals surface area contributed by atoms with E-state index in [1.165, 1.54) is 29.0 Å². The second-order valence-corrected chi connectivity index (χ2v) is 17.8. The molecule has 0 spiro atoms. The largest absolute Gasteiger partial charge is 0.485 e. The van der Waals surface area contributed by atoms with Crippen molar-refractivity contribution >= 4 is 44.8 Å². The summed E-state index contributed by atoms with van der Waals surface area (Å²) < 4.78 is 58.1. The molecule has 322 valence electrons. The molecule has 2 fully saturated rings. The molecule has 3 aromatic carbocycles. The van der Waals surface area contributed by atoms with Gasteiger partial charge in [0, 0.05) is 30.4 Å². The molecule has 1 saturated heterocycles. The van der Waals surface area contributed by atoms with Crippen molar-refractivity contribution in [2.75, 3.05) is 11.9 Å². The molecular weight excluding hydrogens is 818 g/mol. The van der Waals surface area contributed by atoms with Crippen molar-refractivity contribution in [2.24, 2.45) is 5.92 Å². The van der Waals surface area contributed by atoms with E-state index in [9.17, 15) is 22.8 Å². The molecule has 2 aliphatic rings. The molecule has 3 N–H and O–H groups in total. The van der Waals surface area contributed by atoms with Crippen LogP contribution in [-0.2, 0) is 30.6 Å². The Kier molecular flexibility index (Phi) is 11.9. The van der Waals surface area contributed by atoms with E-state index in [4.69, 9.17) is 9.47 Å². The third-order valence-electron chi connectivity index (χ3n) is 11.0. The van der Waals surface area contributed by atoms with Crippen molar-refractivity contribution < 1.29 is 36.7 Å². The monoisotopic (exact) mass is 863 g/mol. The van der Waals surface area contributed by atoms with Gasteiger partial charge in [-0.15, -0.1) is 5.10 Å². The van der Waals surface area contributed by atoms with Crippen LogP contribution >= 0.6 is 0 Å². The SMILES string of the molecule is CCO[C@H](C)n1cc(-c2ncn3nc(Nc4ccc(S(=O)(=O)c5cccc(CC6CC(c7ccc(C(=O)N[C@@H]8CCC(=O)NC8=O)cc7)C6)c5)cc4F)nc3c2OC(C)C)cn1. The first kappa shape index (κ1) is 42.2. The van der Waals surface area contributed by atoms with Gasteiger partial charge in [-0.05, 0) is 119 Å². The maximum Gasteiger partial charge on any atom is 0.251 e. The number of imide groups is 1. The Hall–Kier alpha value is -6.53. The van der Waals surface area contributed by atoms with Crippen LogP contribution in [0.2, 0.25) is 0 Å². The lowest BCUT2D eigenvalue weighted by molar-refractivity contribution is -0.134. The number of halogens is 1. The number of aromatic nitrogens is 6. The van der Waals surface area contributed by atoms with Crippen molar-refractivity contribution in [1.82, 2.24) is 40.0 Å². The lowest BCUT2D eigenvalue weighted by Gasteiger charge is -2.36. The molecule has 3 aromatic heterocycles. The minimum Gasteiger partial charge on any atom is -0.485 e. The molecule has 0 bridgehead atoms. The highest BCUT2D eigenvalue weighted by atomic mass is 32.2. The van der Waals surface area contributed by atoms with E-state index in [1.54, 1.807) is 41.3 Å². The molecule has 18 heteroatoms. The van der Waals surface area contributed by atoms with Gasteiger partial charge in [-0.2, -0.15) is 14.6 Å². The Morgan fingerprint density at radius 3 is 2.53 bits per heavy atom. The van der Waals surface area contributed by atoms with Gasteiger partial charge in [0.15, 0.2) is 5.75 Å². The summed E-state index contributed by atoms with van der Waals surface area (Å²) >= 11 is 0. The number of piperidine rings is 1. The highest BCUT2D eigenvalue weighted by molar-refractivity contribution is 7.91. The summed E-state index contributed by atoms with van der Waals surface area (Å²) in [5.74, 6) is -1.00. The standard InChI is InChI=1S/C44H46FN9O7S/c1-5-60-26(4)53-23-32(22-47-53)39-40(61-25(2)3)41-51-44(52-54(41)24-46-39)49-36-14-13-34(21-35(36)45)62(58,59)33-8-6-7-27(20-33)17-28-18-31(19-28)29-9-11-30(12-10-29)42(56)48-37-15-16-38(55)50-43(37)57/h6-14,20-26,28,31,37H,5,15-19H2,1-4H3,(H,48,56)(H,49,52)(H,50,55,57)/t26-,28?,31?,37-/m1/s1. The first-order chi connectivity index (χ1) is 29.7. The summed E-state index contributed by atoms with van der Waals surface area (Å²) in [6.45, 7) is 8.06. The first-order valence-corrected chi connectivity index (χ1v) is 22.0. The van der Waals surface area contributed by atoms with E-state index in [0.717, 1.165) is 30.0 Å². The fourth-order valence-corrected chi connectivity index (χ4v) is 9.11. The number of amides is 3. The zero-order valence-electron chi connectivity index (χ0n) is 34.5. The molecule has 62 heavy (non-hydrogen) atoms. The van der Waals surface area contributed by atoms with Crippen molar-refractivity contribution in [2.45, 2.75) is 93.9 Å². The highest BCUT2D eigenvalue weighted by Crippen LogP contribution is 2.43. The summed E-state index contributed by atoms with van der Waals surface area (Å²) in [5.41, 5.74) is 3.85. The quantitative estimate of drug-likeness (QED) is 0.0973. The summed E-state index contributed by atoms with van der Waals surface area (Å²) in [6, 6.07) is 17.0. The number of anilines is 2. The Bertz CT molecular complexity index is 2770. The molecule has 6 aromatic rings. The number of benzene rings is 3. The number of ether oxygens (including phenoxy) is 2. The number of carbonyl (C=O) groups is 3. The fourth-order valence-electron chi connectivity index (χ4n) is 7.76. The molecule has 0 radical (unpaired) electrons. The third kappa shape index (κ3) is 8.92. The van der Waals surface area contributed by atoms with E-state index < -0.39 is 27.6 Å². The number of fused-ring (bicyclic) bond motifs is 1. The van der Waals surface area contributed by atoms with Crippen molar-refractivity contribution in [3.63, 3.8) is 0 Å². The van der Waals surface area contributed by atoms with E-state index >= 15 is 4.39 Å². The van der Waals surface area contributed by atoms with Crippen LogP contribution in [0.25, 0.3) is 16.9 Å². The van der Waals surface area contributed by atoms with Gasteiger partial charge in [0.1, 0.15) is 30.1 Å². The van der Waals surface area contributed by atoms with Crippen LogP contribution in [0.3, 0.4) is 0 Å². The second kappa shape index (κ2) is 17.4. The van der Waals surface area contributed by atoms with Gasteiger partial charge >= 0.3 is 0 Å². The zero-order chi connectivity index (χ0) is 43.7. The number of hydrogen-bond acceptors (Lipinski definition) is 12. The first-order valence-electron chi connectivity index (χ1n) is 20.5. The number of rotatable bonds is 15. The van der Waals surface area contributed by atoms with Gasteiger partial charge in [-0.3, -0.25) is 19.7 Å². The van der Waals surface area contributed by atoms with Crippen molar-refractivity contribution in [3.05, 3.63) is 108 Å². The van der Waals surface area contributed by atoms with Crippen molar-refractivity contribution in [1.29, 1.82) is 0 Å². The molecule has 0 unspecified atom stereocenters. The summed E-state index contributed by atoms with van der Waals surface area (Å²) in [4.78, 5) is 45.2. The molecule has 2 atom stereocenters. The predicted molar refractivity (Wildman–Crippen MR) is 225 cm³/mol. The lowest BCUT2D eigenvalue weighted by atomic mass is 9.69. The van der Waals surface area contributed by atoms with Gasteiger partial charge < -0.3 is 20.1 Å². The van der Waals surface area contributed by atoms with Gasteiger partial charge in [-0.1, -0.05) is 24.3 Å². The van der Waals surface area contributed by atoms with Gasteiger partial charge in [0.2, 0.25) is 33.2 Å². The minimum absolute atomic E-state index is 0.0241. The Morgan fingerprint density at radius 1 is 1.03 bits per heavy atom. The zero-order valence-corrected chi connectivity index (χ0v) is 35.4. The maximum atomic E-state index is 15.7. The average molecular weight is 864 g/mol. The van der Waals surface area contributed by atoms with Crippen LogP contribution in [0.15, 0.2) is 95.2 Å². The molecule has 4 heterocycles. The van der Waals surface area contributed by atoms with Crippen LogP contribution in [-0.4, -0.2) is 74.3 Å². The van der Waals surface area contributed by atoms with Crippen molar-refractivity contribution in [3.8, 4) is 17.0 Å². The average Bonchev–Trinajstić information content (AvgIpc) is 3.89. The molecule has 3 amide bonds. The van der Waals surface area contributed by atoms with Crippen LogP contribution in [0.5, 0.6) is 5.75 Å². The van der Waals surface area contributed by atoms with E-state index in [1.807, 2.05) is 45.9 Å². The van der Waals surface area contributed by atoms with E-state index in [2.05, 4.69) is 36.1 Å². The summed E-state index contributed by atoms with van der Waals surface area (Å²) in [6.07, 6.45) is 7.31. The molecular formula is C44H46FN9O7S. The third-order valence-corrected chi connectivity index (χ3v) is 12.8. The van der Waals surface area contributed by atoms with Gasteiger partial charge in [0.05, 0.1) is 27.8 Å². The minimum atomic E-state index is -4.07. The Morgan fingerprint density at radius 2 is 1.81 bits per heavy atom. The number of carbonyl (C=O) groups excluding carboxylic acids is 3. The van der Waals surface area contributed by atoms with Crippen LogP contribution < -0.4 is 20.7 Å². The Labute approximate surface area is 357 Å². The predicted octanol–water partition coefficient (Wildman–Crippen LogP) is 6.32. The summed E-state index contributed by atoms with van der Waals surface area (Å²) in [7, 11) is -4.07. The van der Waals surface area contributed by atoms with Crippen LogP contribution in [0.4, 0.5) is 16.0 Å². The maximum absolute atomic E-state index is 15.7. The molecule has 16 nitrogen and oxygen atoms in total. The number of hydrogen-bond donors (Lipinski definition) is 3. The van der Waals surface area contributed by atoms with Gasteiger partial charge in [0.25, 0.3) is 5.91 Å². The van der Waals surface area contributed by atoms with Gasteiger partial charge in [-0.25, -0.2) is 22.5 Å². The molecule has 1 aliphatic carbocycles.